The molecule has 0 atom stereocenters. The SMILES string of the molecule is Cc1cc(Nc2ncc(C)c(-c3cnn(CCN4CCC4)c3)n2)sn1. The van der Waals surface area contributed by atoms with E-state index in [4.69, 9.17) is 0 Å². The Kier molecular flexibility index (Phi) is 4.46. The summed E-state index contributed by atoms with van der Waals surface area (Å²) in [5.74, 6) is 0.581. The van der Waals surface area contributed by atoms with Crippen molar-refractivity contribution in [1.29, 1.82) is 0 Å². The molecular formula is C17H21N7S. The maximum absolute atomic E-state index is 4.68. The van der Waals surface area contributed by atoms with Gasteiger partial charge in [0.05, 0.1) is 24.1 Å². The molecule has 1 aliphatic heterocycles. The van der Waals surface area contributed by atoms with Crippen molar-refractivity contribution in [3.8, 4) is 11.3 Å². The summed E-state index contributed by atoms with van der Waals surface area (Å²) in [6.45, 7) is 8.39. The second-order valence-corrected chi connectivity index (χ2v) is 7.18. The van der Waals surface area contributed by atoms with Crippen LogP contribution in [-0.2, 0) is 6.54 Å². The van der Waals surface area contributed by atoms with E-state index in [0.717, 1.165) is 40.6 Å². The van der Waals surface area contributed by atoms with E-state index in [0.29, 0.717) is 5.95 Å². The number of rotatable bonds is 6. The third-order valence-corrected chi connectivity index (χ3v) is 5.13. The lowest BCUT2D eigenvalue weighted by Gasteiger charge is -2.30. The van der Waals surface area contributed by atoms with Crippen LogP contribution in [0.1, 0.15) is 17.7 Å². The number of hydrogen-bond acceptors (Lipinski definition) is 7. The van der Waals surface area contributed by atoms with Crippen LogP contribution in [0.5, 0.6) is 0 Å². The van der Waals surface area contributed by atoms with Gasteiger partial charge in [-0.3, -0.25) is 4.68 Å². The van der Waals surface area contributed by atoms with Crippen molar-refractivity contribution in [1.82, 2.24) is 29.0 Å². The Labute approximate surface area is 150 Å². The topological polar surface area (TPSA) is 71.8 Å². The predicted octanol–water partition coefficient (Wildman–Crippen LogP) is 2.86. The van der Waals surface area contributed by atoms with Crippen molar-refractivity contribution >= 4 is 22.5 Å². The van der Waals surface area contributed by atoms with Gasteiger partial charge in [-0.25, -0.2) is 9.97 Å². The Balaban J connectivity index is 1.50. The van der Waals surface area contributed by atoms with E-state index < -0.39 is 0 Å². The predicted molar refractivity (Wildman–Crippen MR) is 99.2 cm³/mol. The van der Waals surface area contributed by atoms with Crippen LogP contribution in [0.25, 0.3) is 11.3 Å². The third-order valence-electron chi connectivity index (χ3n) is 4.34. The van der Waals surface area contributed by atoms with Crippen molar-refractivity contribution in [3.63, 3.8) is 0 Å². The first-order valence-electron chi connectivity index (χ1n) is 8.46. The minimum absolute atomic E-state index is 0.581. The molecule has 8 heteroatoms. The standard InChI is InChI=1S/C17H21N7S/c1-12-9-18-17(20-15-8-13(2)22-25-15)21-16(12)14-10-19-24(11-14)7-6-23-4-3-5-23/h8-11H,3-7H2,1-2H3,(H,18,20,21). The van der Waals surface area contributed by atoms with Crippen LogP contribution in [0.2, 0.25) is 0 Å². The molecular weight excluding hydrogens is 334 g/mol. The summed E-state index contributed by atoms with van der Waals surface area (Å²) in [6.07, 6.45) is 7.11. The Hall–Kier alpha value is -2.32. The van der Waals surface area contributed by atoms with E-state index >= 15 is 0 Å². The summed E-state index contributed by atoms with van der Waals surface area (Å²) in [7, 11) is 0. The second-order valence-electron chi connectivity index (χ2n) is 6.37. The van der Waals surface area contributed by atoms with Gasteiger partial charge in [-0.05, 0) is 56.5 Å². The van der Waals surface area contributed by atoms with Crippen LogP contribution >= 0.6 is 11.5 Å². The molecule has 0 radical (unpaired) electrons. The smallest absolute Gasteiger partial charge is 0.228 e. The van der Waals surface area contributed by atoms with Crippen LogP contribution in [-0.4, -0.2) is 48.7 Å². The molecule has 0 amide bonds. The zero-order valence-corrected chi connectivity index (χ0v) is 15.3. The molecule has 25 heavy (non-hydrogen) atoms. The summed E-state index contributed by atoms with van der Waals surface area (Å²) < 4.78 is 6.26. The number of likely N-dealkylation sites (tertiary alicyclic amines) is 1. The summed E-state index contributed by atoms with van der Waals surface area (Å²) in [6, 6.07) is 1.99. The van der Waals surface area contributed by atoms with E-state index in [2.05, 4.69) is 35.9 Å². The Morgan fingerprint density at radius 3 is 2.80 bits per heavy atom. The lowest BCUT2D eigenvalue weighted by Crippen LogP contribution is -2.39. The summed E-state index contributed by atoms with van der Waals surface area (Å²) in [5, 5.41) is 8.65. The lowest BCUT2D eigenvalue weighted by molar-refractivity contribution is 0.172. The molecule has 3 aromatic rings. The van der Waals surface area contributed by atoms with E-state index in [1.54, 1.807) is 0 Å². The van der Waals surface area contributed by atoms with E-state index in [1.807, 2.05) is 37.0 Å². The van der Waals surface area contributed by atoms with Crippen LogP contribution in [0.15, 0.2) is 24.7 Å². The molecule has 0 aromatic carbocycles. The van der Waals surface area contributed by atoms with E-state index in [9.17, 15) is 0 Å². The minimum Gasteiger partial charge on any atom is -0.314 e. The van der Waals surface area contributed by atoms with Crippen LogP contribution in [0.3, 0.4) is 0 Å². The van der Waals surface area contributed by atoms with Crippen molar-refractivity contribution in [3.05, 3.63) is 35.9 Å². The first kappa shape index (κ1) is 16.2. The highest BCUT2D eigenvalue weighted by Gasteiger charge is 2.14. The molecule has 0 spiro atoms. The highest BCUT2D eigenvalue weighted by atomic mass is 32.1. The monoisotopic (exact) mass is 355 g/mol. The van der Waals surface area contributed by atoms with Gasteiger partial charge in [0, 0.05) is 24.5 Å². The molecule has 0 saturated carbocycles. The molecule has 0 bridgehead atoms. The minimum atomic E-state index is 0.581. The molecule has 130 valence electrons. The molecule has 7 nitrogen and oxygen atoms in total. The molecule has 0 aliphatic carbocycles. The number of nitrogens with one attached hydrogen (secondary N) is 1. The molecule has 0 unspecified atom stereocenters. The zero-order chi connectivity index (χ0) is 17.2. The normalized spacial score (nSPS) is 14.5. The van der Waals surface area contributed by atoms with Crippen LogP contribution in [0, 0.1) is 13.8 Å². The van der Waals surface area contributed by atoms with Gasteiger partial charge in [0.15, 0.2) is 0 Å². The van der Waals surface area contributed by atoms with Gasteiger partial charge in [0.25, 0.3) is 0 Å². The van der Waals surface area contributed by atoms with Gasteiger partial charge >= 0.3 is 0 Å². The number of aromatic nitrogens is 5. The highest BCUT2D eigenvalue weighted by Crippen LogP contribution is 2.24. The van der Waals surface area contributed by atoms with Crippen molar-refractivity contribution in [2.45, 2.75) is 26.8 Å². The fourth-order valence-corrected chi connectivity index (χ4v) is 3.44. The Morgan fingerprint density at radius 2 is 2.08 bits per heavy atom. The van der Waals surface area contributed by atoms with Crippen molar-refractivity contribution < 1.29 is 0 Å². The van der Waals surface area contributed by atoms with Gasteiger partial charge < -0.3 is 10.2 Å². The fourth-order valence-electron chi connectivity index (χ4n) is 2.78. The molecule has 1 aliphatic rings. The summed E-state index contributed by atoms with van der Waals surface area (Å²) in [4.78, 5) is 11.5. The van der Waals surface area contributed by atoms with Gasteiger partial charge in [-0.1, -0.05) is 0 Å². The first-order chi connectivity index (χ1) is 12.2. The molecule has 1 saturated heterocycles. The van der Waals surface area contributed by atoms with Gasteiger partial charge in [0.1, 0.15) is 5.00 Å². The van der Waals surface area contributed by atoms with Gasteiger partial charge in [-0.2, -0.15) is 9.47 Å². The molecule has 1 fully saturated rings. The van der Waals surface area contributed by atoms with Crippen molar-refractivity contribution in [2.75, 3.05) is 25.0 Å². The van der Waals surface area contributed by atoms with Crippen LogP contribution < -0.4 is 5.32 Å². The van der Waals surface area contributed by atoms with Gasteiger partial charge in [0.2, 0.25) is 5.95 Å². The third kappa shape index (κ3) is 3.69. The van der Waals surface area contributed by atoms with E-state index in [-0.39, 0.29) is 0 Å². The summed E-state index contributed by atoms with van der Waals surface area (Å²) >= 11 is 1.41. The molecule has 1 N–H and O–H groups in total. The quantitative estimate of drug-likeness (QED) is 0.733. The summed E-state index contributed by atoms with van der Waals surface area (Å²) in [5.41, 5.74) is 3.96. The highest BCUT2D eigenvalue weighted by molar-refractivity contribution is 7.10. The van der Waals surface area contributed by atoms with Crippen LogP contribution in [0.4, 0.5) is 10.9 Å². The number of aryl methyl sites for hydroxylation is 2. The average molecular weight is 355 g/mol. The van der Waals surface area contributed by atoms with Crippen molar-refractivity contribution in [2.24, 2.45) is 0 Å². The molecule has 3 aromatic heterocycles. The fraction of sp³-hybridized carbons (Fsp3) is 0.412. The Morgan fingerprint density at radius 1 is 1.20 bits per heavy atom. The number of nitrogens with zero attached hydrogens (tertiary/aromatic N) is 6. The number of hydrogen-bond donors (Lipinski definition) is 1. The molecule has 4 heterocycles. The lowest BCUT2D eigenvalue weighted by atomic mass is 10.1. The maximum Gasteiger partial charge on any atom is 0.228 e. The number of anilines is 2. The second kappa shape index (κ2) is 6.89. The average Bonchev–Trinajstić information content (AvgIpc) is 3.17. The zero-order valence-electron chi connectivity index (χ0n) is 14.4. The maximum atomic E-state index is 4.68. The first-order valence-corrected chi connectivity index (χ1v) is 9.24. The molecule has 4 rings (SSSR count). The van der Waals surface area contributed by atoms with E-state index in [1.165, 1.54) is 31.0 Å². The Bertz CT molecular complexity index is 866. The largest absolute Gasteiger partial charge is 0.314 e. The van der Waals surface area contributed by atoms with Gasteiger partial charge in [-0.15, -0.1) is 0 Å².